The fourth-order valence-corrected chi connectivity index (χ4v) is 2.56. The summed E-state index contributed by atoms with van der Waals surface area (Å²) in [6.45, 7) is 0.848. The molecule has 0 aliphatic carbocycles. The first-order valence-corrected chi connectivity index (χ1v) is 6.81. The van der Waals surface area contributed by atoms with Gasteiger partial charge in [-0.3, -0.25) is 0 Å². The van der Waals surface area contributed by atoms with E-state index in [1.54, 1.807) is 11.3 Å². The average molecular weight is 258 g/mol. The number of para-hydroxylation sites is 2. The minimum absolute atomic E-state index is 0.848. The fourth-order valence-electron chi connectivity index (χ4n) is 1.97. The van der Waals surface area contributed by atoms with Crippen molar-refractivity contribution in [1.82, 2.24) is 14.5 Å². The lowest BCUT2D eigenvalue weighted by Crippen LogP contribution is -2.09. The van der Waals surface area contributed by atoms with Crippen molar-refractivity contribution in [2.45, 2.75) is 6.42 Å². The Morgan fingerprint density at radius 2 is 2.22 bits per heavy atom. The number of anilines is 1. The Hall–Kier alpha value is -1.88. The summed E-state index contributed by atoms with van der Waals surface area (Å²) in [5.41, 5.74) is 5.17. The van der Waals surface area contributed by atoms with E-state index in [0.29, 0.717) is 0 Å². The molecule has 0 saturated heterocycles. The summed E-state index contributed by atoms with van der Waals surface area (Å²) in [6.07, 6.45) is 0.923. The first-order chi connectivity index (χ1) is 8.84. The first kappa shape index (κ1) is 11.2. The van der Waals surface area contributed by atoms with Gasteiger partial charge in [-0.15, -0.1) is 11.3 Å². The van der Waals surface area contributed by atoms with E-state index in [4.69, 9.17) is 0 Å². The highest BCUT2D eigenvalue weighted by Gasteiger charge is 2.06. The molecular formula is C13H14N4S. The van der Waals surface area contributed by atoms with Gasteiger partial charge in [0.15, 0.2) is 0 Å². The summed E-state index contributed by atoms with van der Waals surface area (Å²) in [5.74, 6) is 0.909. The molecule has 2 heterocycles. The van der Waals surface area contributed by atoms with Gasteiger partial charge in [0, 0.05) is 25.4 Å². The molecule has 0 spiro atoms. The van der Waals surface area contributed by atoms with Gasteiger partial charge in [0.25, 0.3) is 0 Å². The predicted octanol–water partition coefficient (Wildman–Crippen LogP) is 2.68. The smallest absolute Gasteiger partial charge is 0.203 e. The van der Waals surface area contributed by atoms with Crippen molar-refractivity contribution in [1.29, 1.82) is 0 Å². The molecule has 5 heteroatoms. The molecule has 0 atom stereocenters. The molecule has 0 radical (unpaired) electrons. The summed E-state index contributed by atoms with van der Waals surface area (Å²) >= 11 is 1.63. The second kappa shape index (κ2) is 4.78. The maximum absolute atomic E-state index is 4.57. The quantitative estimate of drug-likeness (QED) is 0.782. The molecule has 2 aromatic heterocycles. The van der Waals surface area contributed by atoms with Gasteiger partial charge in [0.1, 0.15) is 0 Å². The molecule has 3 rings (SSSR count). The molecule has 0 saturated carbocycles. The van der Waals surface area contributed by atoms with Gasteiger partial charge in [-0.25, -0.2) is 9.97 Å². The number of aromatic nitrogens is 3. The van der Waals surface area contributed by atoms with Crippen LogP contribution in [-0.2, 0) is 13.5 Å². The van der Waals surface area contributed by atoms with Crippen LogP contribution in [0.2, 0.25) is 0 Å². The van der Waals surface area contributed by atoms with Gasteiger partial charge in [0.05, 0.1) is 22.2 Å². The van der Waals surface area contributed by atoms with E-state index in [2.05, 4.69) is 31.3 Å². The van der Waals surface area contributed by atoms with Gasteiger partial charge in [-0.2, -0.15) is 0 Å². The van der Waals surface area contributed by atoms with Gasteiger partial charge < -0.3 is 9.88 Å². The summed E-state index contributed by atoms with van der Waals surface area (Å²) < 4.78 is 2.08. The van der Waals surface area contributed by atoms with E-state index in [-0.39, 0.29) is 0 Å². The maximum Gasteiger partial charge on any atom is 0.203 e. The molecule has 0 aliphatic heterocycles. The van der Waals surface area contributed by atoms with E-state index in [0.717, 1.165) is 35.6 Å². The summed E-state index contributed by atoms with van der Waals surface area (Å²) in [5, 5.41) is 5.44. The molecule has 18 heavy (non-hydrogen) atoms. The highest BCUT2D eigenvalue weighted by molar-refractivity contribution is 7.07. The van der Waals surface area contributed by atoms with Crippen LogP contribution in [0.15, 0.2) is 35.2 Å². The van der Waals surface area contributed by atoms with E-state index < -0.39 is 0 Å². The molecule has 1 N–H and O–H groups in total. The number of fused-ring (bicyclic) bond motifs is 1. The van der Waals surface area contributed by atoms with E-state index in [9.17, 15) is 0 Å². The Bertz CT molecular complexity index is 642. The summed E-state index contributed by atoms with van der Waals surface area (Å²) in [4.78, 5) is 8.83. The normalized spacial score (nSPS) is 10.9. The third-order valence-corrected chi connectivity index (χ3v) is 3.57. The second-order valence-electron chi connectivity index (χ2n) is 4.14. The van der Waals surface area contributed by atoms with Crippen molar-refractivity contribution < 1.29 is 0 Å². The van der Waals surface area contributed by atoms with Gasteiger partial charge in [-0.05, 0) is 12.1 Å². The Morgan fingerprint density at radius 1 is 1.33 bits per heavy atom. The van der Waals surface area contributed by atoms with Crippen LogP contribution in [0.3, 0.4) is 0 Å². The monoisotopic (exact) mass is 258 g/mol. The topological polar surface area (TPSA) is 42.7 Å². The average Bonchev–Trinajstić information content (AvgIpc) is 3.00. The lowest BCUT2D eigenvalue weighted by Gasteiger charge is -2.04. The Balaban J connectivity index is 1.73. The van der Waals surface area contributed by atoms with Crippen LogP contribution in [0.25, 0.3) is 11.0 Å². The maximum atomic E-state index is 4.57. The number of hydrogen-bond acceptors (Lipinski definition) is 4. The van der Waals surface area contributed by atoms with Crippen LogP contribution in [-0.4, -0.2) is 21.1 Å². The van der Waals surface area contributed by atoms with Crippen molar-refractivity contribution in [2.75, 3.05) is 11.9 Å². The van der Waals surface area contributed by atoms with Crippen molar-refractivity contribution in [3.8, 4) is 0 Å². The number of benzene rings is 1. The van der Waals surface area contributed by atoms with Crippen molar-refractivity contribution in [3.05, 3.63) is 40.8 Å². The molecule has 0 aliphatic rings. The van der Waals surface area contributed by atoms with Crippen LogP contribution in [0, 0.1) is 0 Å². The molecular weight excluding hydrogens is 244 g/mol. The molecule has 92 valence electrons. The Labute approximate surface area is 109 Å². The molecule has 1 aromatic carbocycles. The Kier molecular flexibility index (Phi) is 2.98. The summed E-state index contributed by atoms with van der Waals surface area (Å²) in [7, 11) is 2.03. The largest absolute Gasteiger partial charge is 0.355 e. The minimum Gasteiger partial charge on any atom is -0.355 e. The van der Waals surface area contributed by atoms with Crippen molar-refractivity contribution >= 4 is 28.3 Å². The number of rotatable bonds is 4. The van der Waals surface area contributed by atoms with Crippen LogP contribution in [0.4, 0.5) is 5.95 Å². The van der Waals surface area contributed by atoms with E-state index >= 15 is 0 Å². The zero-order valence-electron chi connectivity index (χ0n) is 10.1. The zero-order chi connectivity index (χ0) is 12.4. The number of thiazole rings is 1. The van der Waals surface area contributed by atoms with Crippen molar-refractivity contribution in [3.63, 3.8) is 0 Å². The van der Waals surface area contributed by atoms with Gasteiger partial charge in [-0.1, -0.05) is 12.1 Å². The van der Waals surface area contributed by atoms with Crippen LogP contribution >= 0.6 is 11.3 Å². The van der Waals surface area contributed by atoms with Crippen LogP contribution < -0.4 is 5.32 Å². The number of nitrogens with one attached hydrogen (secondary N) is 1. The minimum atomic E-state index is 0.848. The van der Waals surface area contributed by atoms with Gasteiger partial charge >= 0.3 is 0 Å². The third-order valence-electron chi connectivity index (χ3n) is 2.93. The van der Waals surface area contributed by atoms with Crippen molar-refractivity contribution in [2.24, 2.45) is 7.05 Å². The third kappa shape index (κ3) is 2.09. The number of nitrogens with zero attached hydrogens (tertiary/aromatic N) is 3. The number of aryl methyl sites for hydroxylation is 1. The lowest BCUT2D eigenvalue weighted by molar-refractivity contribution is 0.902. The number of hydrogen-bond donors (Lipinski definition) is 1. The summed E-state index contributed by atoms with van der Waals surface area (Å²) in [6, 6.07) is 8.15. The zero-order valence-corrected chi connectivity index (χ0v) is 10.9. The highest BCUT2D eigenvalue weighted by atomic mass is 32.1. The molecule has 0 fully saturated rings. The first-order valence-electron chi connectivity index (χ1n) is 5.87. The van der Waals surface area contributed by atoms with Crippen LogP contribution in [0.5, 0.6) is 0 Å². The van der Waals surface area contributed by atoms with E-state index in [1.165, 1.54) is 0 Å². The molecule has 3 aromatic rings. The van der Waals surface area contributed by atoms with Gasteiger partial charge in [0.2, 0.25) is 5.95 Å². The number of imidazole rings is 1. The Morgan fingerprint density at radius 3 is 3.00 bits per heavy atom. The SMILES string of the molecule is Cn1c(NCCc2cscn2)nc2ccccc21. The van der Waals surface area contributed by atoms with E-state index in [1.807, 2.05) is 30.8 Å². The van der Waals surface area contributed by atoms with Crippen LogP contribution in [0.1, 0.15) is 5.69 Å². The fraction of sp³-hybridized carbons (Fsp3) is 0.231. The molecule has 0 unspecified atom stereocenters. The molecule has 4 nitrogen and oxygen atoms in total. The predicted molar refractivity (Wildman–Crippen MR) is 75.0 cm³/mol. The standard InChI is InChI=1S/C13H14N4S/c1-17-12-5-3-2-4-11(12)16-13(17)14-7-6-10-8-18-9-15-10/h2-5,8-9H,6-7H2,1H3,(H,14,16). The highest BCUT2D eigenvalue weighted by Crippen LogP contribution is 2.17. The lowest BCUT2D eigenvalue weighted by atomic mass is 10.3. The molecule has 0 amide bonds. The second-order valence-corrected chi connectivity index (χ2v) is 4.86. The molecule has 0 bridgehead atoms.